The number of hydrogen-bond donors (Lipinski definition) is 0. The van der Waals surface area contributed by atoms with Crippen LogP contribution in [0.1, 0.15) is 40.5 Å². The van der Waals surface area contributed by atoms with Crippen LogP contribution in [0.15, 0.2) is 0 Å². The van der Waals surface area contributed by atoms with Gasteiger partial charge in [-0.3, -0.25) is 19.2 Å². The Balaban J connectivity index is -0.000000257. The third kappa shape index (κ3) is 25.0. The fourth-order valence-corrected chi connectivity index (χ4v) is 0.831. The van der Waals surface area contributed by atoms with Gasteiger partial charge >= 0.3 is 11.9 Å². The van der Waals surface area contributed by atoms with E-state index in [9.17, 15) is 19.2 Å². The van der Waals surface area contributed by atoms with Crippen LogP contribution in [0.2, 0.25) is 0 Å². The number of hydrogen-bond acceptors (Lipinski definition) is 7. The first-order valence-corrected chi connectivity index (χ1v) is 5.92. The van der Waals surface area contributed by atoms with Gasteiger partial charge in [-0.1, -0.05) is 0 Å². The standard InChI is InChI=1S/2C6H10O3.CH2O/c2*1-3-9-6(8)4-5(2)7;1-2/h2*3-4H2,1-2H3;1H2. The zero-order chi connectivity index (χ0) is 16.6. The number of ketones is 2. The van der Waals surface area contributed by atoms with E-state index in [1.165, 1.54) is 13.8 Å². The second-order valence-corrected chi connectivity index (χ2v) is 3.37. The van der Waals surface area contributed by atoms with Crippen molar-refractivity contribution < 1.29 is 33.4 Å². The van der Waals surface area contributed by atoms with Crippen LogP contribution in [0.3, 0.4) is 0 Å². The Bertz CT molecular complexity index is 280. The lowest BCUT2D eigenvalue weighted by molar-refractivity contribution is -0.146. The zero-order valence-electron chi connectivity index (χ0n) is 12.4. The minimum Gasteiger partial charge on any atom is -0.466 e. The largest absolute Gasteiger partial charge is 0.466 e. The van der Waals surface area contributed by atoms with Gasteiger partial charge in [0, 0.05) is 0 Å². The van der Waals surface area contributed by atoms with Gasteiger partial charge in [0.25, 0.3) is 0 Å². The predicted molar refractivity (Wildman–Crippen MR) is 71.0 cm³/mol. The van der Waals surface area contributed by atoms with E-state index < -0.39 is 11.9 Å². The van der Waals surface area contributed by atoms with Crippen LogP contribution in [-0.2, 0) is 33.4 Å². The van der Waals surface area contributed by atoms with Crippen molar-refractivity contribution in [1.82, 2.24) is 0 Å². The molecular weight excluding hydrogens is 268 g/mol. The summed E-state index contributed by atoms with van der Waals surface area (Å²) < 4.78 is 8.99. The van der Waals surface area contributed by atoms with Crippen molar-refractivity contribution in [3.63, 3.8) is 0 Å². The SMILES string of the molecule is C=O.CCOC(=O)CC(C)=O.CCOC(=O)CC(C)=O. The molecule has 0 rings (SSSR count). The lowest BCUT2D eigenvalue weighted by Gasteiger charge is -1.96. The monoisotopic (exact) mass is 290 g/mol. The molecule has 0 N–H and O–H groups in total. The minimum atomic E-state index is -0.440. The molecule has 0 atom stereocenters. The van der Waals surface area contributed by atoms with Crippen LogP contribution in [0.25, 0.3) is 0 Å². The molecule has 0 aliphatic carbocycles. The summed E-state index contributed by atoms with van der Waals surface area (Å²) in [6, 6.07) is 0. The summed E-state index contributed by atoms with van der Waals surface area (Å²) in [5, 5.41) is 0. The molecule has 7 heteroatoms. The Morgan fingerprint density at radius 1 is 0.750 bits per heavy atom. The molecule has 0 aromatic carbocycles. The van der Waals surface area contributed by atoms with Gasteiger partial charge in [-0.2, -0.15) is 0 Å². The Kier molecular flexibility index (Phi) is 19.6. The summed E-state index contributed by atoms with van der Waals surface area (Å²) in [4.78, 5) is 49.3. The number of carbonyl (C=O) groups excluding carboxylic acids is 5. The van der Waals surface area contributed by atoms with Crippen molar-refractivity contribution in [2.24, 2.45) is 0 Å². The molecule has 0 spiro atoms. The van der Waals surface area contributed by atoms with Gasteiger partial charge < -0.3 is 14.3 Å². The van der Waals surface area contributed by atoms with Crippen LogP contribution < -0.4 is 0 Å². The molecule has 0 aromatic rings. The molecule has 0 saturated carbocycles. The highest BCUT2D eigenvalue weighted by Gasteiger charge is 2.03. The lowest BCUT2D eigenvalue weighted by Crippen LogP contribution is -2.07. The molecular formula is C13H22O7. The van der Waals surface area contributed by atoms with E-state index >= 15 is 0 Å². The lowest BCUT2D eigenvalue weighted by atomic mass is 10.3. The van der Waals surface area contributed by atoms with Gasteiger partial charge in [0.05, 0.1) is 13.2 Å². The second kappa shape index (κ2) is 16.9. The van der Waals surface area contributed by atoms with E-state index in [1.54, 1.807) is 13.8 Å². The van der Waals surface area contributed by atoms with Crippen molar-refractivity contribution in [2.75, 3.05) is 13.2 Å². The van der Waals surface area contributed by atoms with Gasteiger partial charge in [-0.25, -0.2) is 0 Å². The van der Waals surface area contributed by atoms with Crippen LogP contribution in [0, 0.1) is 0 Å². The summed E-state index contributed by atoms with van der Waals surface area (Å²) in [7, 11) is 0. The third-order valence-electron chi connectivity index (χ3n) is 1.40. The summed E-state index contributed by atoms with van der Waals surface area (Å²) in [6.07, 6.45) is -0.207. The summed E-state index contributed by atoms with van der Waals surface area (Å²) in [6.45, 7) is 8.81. The maximum atomic E-state index is 10.4. The second-order valence-electron chi connectivity index (χ2n) is 3.37. The fraction of sp³-hybridized carbons (Fsp3) is 0.615. The highest BCUT2D eigenvalue weighted by molar-refractivity contribution is 5.94. The molecule has 0 saturated heterocycles. The molecule has 20 heavy (non-hydrogen) atoms. The first-order valence-electron chi connectivity index (χ1n) is 5.92. The zero-order valence-corrected chi connectivity index (χ0v) is 12.4. The highest BCUT2D eigenvalue weighted by Crippen LogP contribution is 1.86. The molecule has 0 radical (unpaired) electrons. The highest BCUT2D eigenvalue weighted by atomic mass is 16.5. The smallest absolute Gasteiger partial charge is 0.313 e. The number of Topliss-reactive ketones (excluding diaryl/α,β-unsaturated/α-hetero) is 2. The van der Waals surface area contributed by atoms with Gasteiger partial charge in [-0.05, 0) is 27.7 Å². The van der Waals surface area contributed by atoms with E-state index in [4.69, 9.17) is 4.79 Å². The van der Waals surface area contributed by atoms with Gasteiger partial charge in [0.1, 0.15) is 31.2 Å². The molecule has 0 aromatic heterocycles. The Hall–Kier alpha value is -2.05. The van der Waals surface area contributed by atoms with Crippen LogP contribution in [-0.4, -0.2) is 43.5 Å². The number of ether oxygens (including phenoxy) is 2. The van der Waals surface area contributed by atoms with Gasteiger partial charge in [0.15, 0.2) is 0 Å². The summed E-state index contributed by atoms with van der Waals surface area (Å²) in [5.74, 6) is -1.20. The normalized spacial score (nSPS) is 8.00. The number of rotatable bonds is 6. The maximum absolute atomic E-state index is 10.4. The maximum Gasteiger partial charge on any atom is 0.313 e. The first kappa shape index (κ1) is 23.1. The molecule has 116 valence electrons. The van der Waals surface area contributed by atoms with Crippen molar-refractivity contribution in [3.8, 4) is 0 Å². The minimum absolute atomic E-state index is 0.103. The fourth-order valence-electron chi connectivity index (χ4n) is 0.831. The molecule has 7 nitrogen and oxygen atoms in total. The molecule has 0 unspecified atom stereocenters. The molecule has 0 aliphatic heterocycles. The molecule has 0 aliphatic rings. The van der Waals surface area contributed by atoms with Crippen LogP contribution in [0.5, 0.6) is 0 Å². The Labute approximate surface area is 118 Å². The van der Waals surface area contributed by atoms with Gasteiger partial charge in [-0.15, -0.1) is 0 Å². The Morgan fingerprint density at radius 2 is 1.00 bits per heavy atom. The predicted octanol–water partition coefficient (Wildman–Crippen LogP) is 0.872. The van der Waals surface area contributed by atoms with Gasteiger partial charge in [0.2, 0.25) is 0 Å². The quantitative estimate of drug-likeness (QED) is 0.528. The van der Waals surface area contributed by atoms with Crippen molar-refractivity contribution in [3.05, 3.63) is 0 Å². The van der Waals surface area contributed by atoms with Crippen molar-refractivity contribution in [1.29, 1.82) is 0 Å². The van der Waals surface area contributed by atoms with Crippen LogP contribution in [0.4, 0.5) is 0 Å². The van der Waals surface area contributed by atoms with E-state index in [0.29, 0.717) is 13.2 Å². The summed E-state index contributed by atoms with van der Waals surface area (Å²) in [5.41, 5.74) is 0. The molecule has 0 bridgehead atoms. The topological polar surface area (TPSA) is 104 Å². The van der Waals surface area contributed by atoms with E-state index in [2.05, 4.69) is 9.47 Å². The average molecular weight is 290 g/mol. The molecule has 0 amide bonds. The average Bonchev–Trinajstić information content (AvgIpc) is 2.30. The Morgan fingerprint density at radius 3 is 1.15 bits per heavy atom. The van der Waals surface area contributed by atoms with Crippen molar-refractivity contribution >= 4 is 30.3 Å². The summed E-state index contributed by atoms with van der Waals surface area (Å²) >= 11 is 0. The van der Waals surface area contributed by atoms with E-state index in [-0.39, 0.29) is 24.4 Å². The molecule has 0 fully saturated rings. The number of carbonyl (C=O) groups is 5. The van der Waals surface area contributed by atoms with Crippen LogP contribution >= 0.6 is 0 Å². The molecule has 0 heterocycles. The number of esters is 2. The first-order chi connectivity index (χ1) is 9.33. The third-order valence-corrected chi connectivity index (χ3v) is 1.40. The van der Waals surface area contributed by atoms with Crippen molar-refractivity contribution in [2.45, 2.75) is 40.5 Å². The van der Waals surface area contributed by atoms with E-state index in [0.717, 1.165) is 0 Å². The van der Waals surface area contributed by atoms with E-state index in [1.807, 2.05) is 6.79 Å².